The number of halogens is 4. The van der Waals surface area contributed by atoms with Gasteiger partial charge in [-0.25, -0.2) is 0 Å². The van der Waals surface area contributed by atoms with Gasteiger partial charge in [-0.15, -0.1) is 118 Å². The third kappa shape index (κ3) is 23.0. The molecule has 0 saturated carbocycles. The molecular weight excluding hydrogens is 2110 g/mol. The fourth-order valence-electron chi connectivity index (χ4n) is 13.4. The maximum absolute atomic E-state index is 14.5. The monoisotopic (exact) mass is 2200 g/mol. The summed E-state index contributed by atoms with van der Waals surface area (Å²) >= 11 is 0. The minimum absolute atomic E-state index is 0. The molecule has 0 bridgehead atoms. The van der Waals surface area contributed by atoms with Gasteiger partial charge in [0.2, 0.25) is 0 Å². The number of para-hydroxylation sites is 4. The van der Waals surface area contributed by atoms with Crippen molar-refractivity contribution < 1.29 is 98.0 Å². The van der Waals surface area contributed by atoms with Gasteiger partial charge in [-0.3, -0.25) is 24.3 Å². The molecule has 0 fully saturated rings. The molecule has 113 heavy (non-hydrogen) atoms. The van der Waals surface area contributed by atoms with Crippen LogP contribution in [0.3, 0.4) is 0 Å². The number of alkyl halides is 3. The maximum Gasteiger partial charge on any atom is 0.382 e. The van der Waals surface area contributed by atoms with Gasteiger partial charge in [-0.05, 0) is 170 Å². The third-order valence-corrected chi connectivity index (χ3v) is 19.9. The minimum atomic E-state index is -4.46. The predicted octanol–water partition coefficient (Wildman–Crippen LogP) is 28.2. The summed E-state index contributed by atoms with van der Waals surface area (Å²) in [6.07, 6.45) is 6.79. The van der Waals surface area contributed by atoms with Crippen molar-refractivity contribution in [3.63, 3.8) is 0 Å². The normalized spacial score (nSPS) is 11.1. The van der Waals surface area contributed by atoms with Gasteiger partial charge in [0.05, 0.1) is 22.1 Å². The number of pyridine rings is 4. The molecule has 4 radical (unpaired) electrons. The van der Waals surface area contributed by atoms with Gasteiger partial charge in [0.15, 0.2) is 0 Å². The van der Waals surface area contributed by atoms with Gasteiger partial charge in [0, 0.05) is 86.2 Å². The van der Waals surface area contributed by atoms with E-state index in [-0.39, 0.29) is 91.8 Å². The van der Waals surface area contributed by atoms with Crippen molar-refractivity contribution in [2.24, 2.45) is 0 Å². The van der Waals surface area contributed by atoms with Crippen LogP contribution < -0.4 is 0 Å². The van der Waals surface area contributed by atoms with E-state index in [2.05, 4.69) is 197 Å². The van der Waals surface area contributed by atoms with E-state index in [1.807, 2.05) is 140 Å². The predicted molar refractivity (Wildman–Crippen MR) is 445 cm³/mol. The van der Waals surface area contributed by atoms with E-state index in [9.17, 15) is 17.6 Å². The Morgan fingerprint density at radius 1 is 0.327 bits per heavy atom. The van der Waals surface area contributed by atoms with Crippen molar-refractivity contribution in [1.82, 2.24) is 19.9 Å². The molecular formula is C101H86F4Ir4N4-4. The van der Waals surface area contributed by atoms with Crippen molar-refractivity contribution in [1.29, 1.82) is 0 Å². The number of unbranched alkanes of at least 4 members (excludes halogenated alkanes) is 3. The van der Waals surface area contributed by atoms with Crippen LogP contribution in [0.4, 0.5) is 17.6 Å². The third-order valence-electron chi connectivity index (χ3n) is 19.9. The second kappa shape index (κ2) is 42.6. The van der Waals surface area contributed by atoms with E-state index >= 15 is 0 Å². The standard InChI is InChI=1S/C26H21F3N.C25H21FN.2C25H22N.4Ir/c1-2-3-6-18-9-11-19(12-10-18)22-17-21(13-15-23(22)26(27,28)29)25-16-14-20-7-4-5-8-24(20)30-25;1-2-3-6-18-9-11-19(12-10-18)22-17-21(13-15-23(22)26)25-16-14-20-7-4-5-8-24(20)27-25;1-3-18(2)19-11-13-20(14-12-19)22-8-6-9-23(17-22)25-16-15-21-7-4-5-10-24(21)26-25;1-2-3-8-19-9-6-11-21(17-19)22-12-7-13-23(18-22)25-16-15-20-10-4-5-14-24(20)26-25;;;;/h4-5,7-12,14-17H,2-3,6H2,1H3;4-5,7-12,14-17H,2-3,6H2,1H3;4-8,10-18H,3H2,1-2H3;4-7,9-12,14-18H,2-3,8H2,1H3;;;;/q4*-1;;;;. The van der Waals surface area contributed by atoms with Gasteiger partial charge in [0.25, 0.3) is 0 Å². The number of aryl methyl sites for hydroxylation is 3. The minimum Gasteiger partial charge on any atom is -0.296 e. The number of hydrogen-bond acceptors (Lipinski definition) is 4. The van der Waals surface area contributed by atoms with Crippen LogP contribution in [0.5, 0.6) is 0 Å². The summed E-state index contributed by atoms with van der Waals surface area (Å²) in [5, 5.41) is 4.39. The van der Waals surface area contributed by atoms with E-state index in [0.717, 1.165) is 133 Å². The molecule has 578 valence electrons. The average molecular weight is 2200 g/mol. The van der Waals surface area contributed by atoms with Gasteiger partial charge >= 0.3 is 6.18 Å². The average Bonchev–Trinajstić information content (AvgIpc) is 0.768. The Labute approximate surface area is 716 Å². The van der Waals surface area contributed by atoms with Crippen LogP contribution in [0.25, 0.3) is 133 Å². The van der Waals surface area contributed by atoms with Crippen LogP contribution in [0, 0.1) is 30.1 Å². The van der Waals surface area contributed by atoms with Crippen molar-refractivity contribution in [2.75, 3.05) is 0 Å². The molecule has 12 aromatic carbocycles. The molecule has 0 spiro atoms. The molecule has 0 aliphatic rings. The first-order valence-electron chi connectivity index (χ1n) is 38.0. The topological polar surface area (TPSA) is 51.6 Å². The summed E-state index contributed by atoms with van der Waals surface area (Å²) in [7, 11) is 0. The second-order valence-electron chi connectivity index (χ2n) is 27.7. The van der Waals surface area contributed by atoms with Crippen molar-refractivity contribution in [3.8, 4) is 89.5 Å². The Balaban J connectivity index is 0.000000171. The largest absolute Gasteiger partial charge is 0.382 e. The Bertz CT molecular complexity index is 5730. The molecule has 1 atom stereocenters. The van der Waals surface area contributed by atoms with E-state index in [4.69, 9.17) is 15.0 Å². The van der Waals surface area contributed by atoms with Gasteiger partial charge in [-0.1, -0.05) is 283 Å². The maximum atomic E-state index is 14.5. The number of hydrogen-bond donors (Lipinski definition) is 0. The van der Waals surface area contributed by atoms with Gasteiger partial charge in [-0.2, -0.15) is 13.2 Å². The van der Waals surface area contributed by atoms with E-state index in [1.165, 1.54) is 70.7 Å². The fourth-order valence-corrected chi connectivity index (χ4v) is 13.4. The fraction of sp³-hybridized carbons (Fsp3) is 0.168. The zero-order valence-corrected chi connectivity index (χ0v) is 73.2. The molecule has 4 heterocycles. The number of nitrogens with zero attached hydrogens (tertiary/aromatic N) is 4. The molecule has 4 aromatic heterocycles. The summed E-state index contributed by atoms with van der Waals surface area (Å²) < 4.78 is 55.5. The summed E-state index contributed by atoms with van der Waals surface area (Å²) in [6.45, 7) is 11.0. The quantitative estimate of drug-likeness (QED) is 0.0598. The van der Waals surface area contributed by atoms with Crippen molar-refractivity contribution >= 4 is 43.6 Å². The van der Waals surface area contributed by atoms with E-state index < -0.39 is 11.7 Å². The Morgan fingerprint density at radius 2 is 0.690 bits per heavy atom. The van der Waals surface area contributed by atoms with E-state index in [0.29, 0.717) is 28.3 Å². The van der Waals surface area contributed by atoms with Crippen LogP contribution in [0.1, 0.15) is 113 Å². The molecule has 0 aliphatic carbocycles. The summed E-state index contributed by atoms with van der Waals surface area (Å²) in [5.41, 5.74) is 22.1. The molecule has 4 nitrogen and oxygen atoms in total. The molecule has 0 saturated heterocycles. The van der Waals surface area contributed by atoms with Crippen LogP contribution in [0.15, 0.2) is 303 Å². The van der Waals surface area contributed by atoms with Crippen LogP contribution >= 0.6 is 0 Å². The van der Waals surface area contributed by atoms with Crippen LogP contribution in [-0.4, -0.2) is 19.9 Å². The molecule has 0 aliphatic heterocycles. The summed E-state index contributed by atoms with van der Waals surface area (Å²) in [6, 6.07) is 112. The van der Waals surface area contributed by atoms with Gasteiger partial charge in [0.1, 0.15) is 0 Å². The smallest absolute Gasteiger partial charge is 0.296 e. The molecule has 16 aromatic rings. The molecule has 12 heteroatoms. The van der Waals surface area contributed by atoms with Crippen molar-refractivity contribution in [3.05, 3.63) is 361 Å². The SMILES string of the molecule is CCC(C)c1ccc(-c2cc[c-]c(-c3ccc4ccccc4n3)c2)cc1.CCCCc1ccc(-c2cc(-c3ccc4ccccc4n3)[c-]cc2C(F)(F)F)cc1.CCCCc1ccc(-c2cc(-c3ccc4ccccc4n3)[c-]cc2F)cc1.CCCCc1cccc(-c2cc[c-]c(-c3ccc4ccccc4n3)c2)c1.[Ir].[Ir].[Ir].[Ir]. The Morgan fingerprint density at radius 3 is 1.11 bits per heavy atom. The number of rotatable bonds is 19. The molecule has 1 unspecified atom stereocenters. The van der Waals surface area contributed by atoms with Crippen LogP contribution in [0.2, 0.25) is 0 Å². The molecule has 16 rings (SSSR count). The number of aromatic nitrogens is 4. The zero-order valence-electron chi connectivity index (χ0n) is 63.6. The van der Waals surface area contributed by atoms with Gasteiger partial charge < -0.3 is 0 Å². The first-order valence-corrected chi connectivity index (χ1v) is 38.0. The molecule has 0 amide bonds. The number of benzene rings is 12. The number of fused-ring (bicyclic) bond motifs is 4. The second-order valence-corrected chi connectivity index (χ2v) is 27.7. The molecule has 0 N–H and O–H groups in total. The zero-order chi connectivity index (χ0) is 75.5. The Hall–Kier alpha value is -9.40. The summed E-state index contributed by atoms with van der Waals surface area (Å²) in [5.74, 6) is 0.339. The summed E-state index contributed by atoms with van der Waals surface area (Å²) in [4.78, 5) is 18.9. The van der Waals surface area contributed by atoms with Crippen LogP contribution in [-0.2, 0) is 106 Å². The first-order chi connectivity index (χ1) is 53.3. The van der Waals surface area contributed by atoms with Crippen molar-refractivity contribution in [2.45, 2.75) is 111 Å². The first kappa shape index (κ1) is 87.6. The van der Waals surface area contributed by atoms with E-state index in [1.54, 1.807) is 18.2 Å². The Kier molecular flexibility index (Phi) is 33.0.